The number of likely N-dealkylation sites (tertiary alicyclic amines) is 1. The molecule has 0 bridgehead atoms. The van der Waals surface area contributed by atoms with Crippen LogP contribution in [0.15, 0.2) is 24.3 Å². The summed E-state index contributed by atoms with van der Waals surface area (Å²) in [6, 6.07) is 7.57. The van der Waals surface area contributed by atoms with Crippen LogP contribution in [0.5, 0.6) is 0 Å². The van der Waals surface area contributed by atoms with Gasteiger partial charge in [0.1, 0.15) is 0 Å². The normalized spacial score (nSPS) is 13.6. The summed E-state index contributed by atoms with van der Waals surface area (Å²) < 4.78 is 0. The van der Waals surface area contributed by atoms with E-state index in [0.717, 1.165) is 37.2 Å². The minimum Gasteiger partial charge on any atom is -0.355 e. The molecule has 1 aromatic carbocycles. The molecule has 3 amide bonds. The molecule has 0 saturated carbocycles. The Hall–Kier alpha value is -2.02. The molecule has 0 atom stereocenters. The summed E-state index contributed by atoms with van der Waals surface area (Å²) in [5, 5.41) is 5.53. The third-order valence-corrected chi connectivity index (χ3v) is 4.82. The van der Waals surface area contributed by atoms with E-state index >= 15 is 0 Å². The number of hydrogen-bond acceptors (Lipinski definition) is 4. The van der Waals surface area contributed by atoms with E-state index in [1.165, 1.54) is 11.8 Å². The van der Waals surface area contributed by atoms with Gasteiger partial charge in [0.15, 0.2) is 0 Å². The number of nitrogens with zero attached hydrogens (tertiary/aromatic N) is 1. The van der Waals surface area contributed by atoms with Crippen LogP contribution in [0.3, 0.4) is 0 Å². The maximum atomic E-state index is 11.8. The van der Waals surface area contributed by atoms with Crippen LogP contribution < -0.4 is 10.6 Å². The van der Waals surface area contributed by atoms with Crippen LogP contribution in [0.4, 0.5) is 5.69 Å². The van der Waals surface area contributed by atoms with Crippen molar-refractivity contribution in [2.75, 3.05) is 36.5 Å². The molecule has 2 N–H and O–H groups in total. The standard InChI is InChI=1S/C18H25N3O3S/c1-14-5-4-6-15(11-14)20-17(23)13-25-12-16(22)19-8-7-18(24)21-9-2-3-10-21/h4-6,11H,2-3,7-10,12-13H2,1H3,(H,19,22)(H,20,23). The van der Waals surface area contributed by atoms with Crippen LogP contribution in [0.1, 0.15) is 24.8 Å². The van der Waals surface area contributed by atoms with Gasteiger partial charge in [-0.2, -0.15) is 0 Å². The number of rotatable bonds is 8. The lowest BCUT2D eigenvalue weighted by atomic mass is 10.2. The van der Waals surface area contributed by atoms with Crippen molar-refractivity contribution in [2.45, 2.75) is 26.2 Å². The van der Waals surface area contributed by atoms with Crippen molar-refractivity contribution in [3.8, 4) is 0 Å². The Balaban J connectivity index is 1.55. The van der Waals surface area contributed by atoms with Gasteiger partial charge >= 0.3 is 0 Å². The van der Waals surface area contributed by atoms with Crippen molar-refractivity contribution in [1.82, 2.24) is 10.2 Å². The number of hydrogen-bond donors (Lipinski definition) is 2. The average molecular weight is 363 g/mol. The molecule has 0 aliphatic carbocycles. The van der Waals surface area contributed by atoms with Crippen LogP contribution in [0.2, 0.25) is 0 Å². The Morgan fingerprint density at radius 2 is 1.84 bits per heavy atom. The Kier molecular flexibility index (Phi) is 7.78. The fourth-order valence-electron chi connectivity index (χ4n) is 2.64. The zero-order chi connectivity index (χ0) is 18.1. The Morgan fingerprint density at radius 1 is 1.12 bits per heavy atom. The molecule has 1 aromatic rings. The lowest BCUT2D eigenvalue weighted by Gasteiger charge is -2.15. The van der Waals surface area contributed by atoms with E-state index in [4.69, 9.17) is 0 Å². The fraction of sp³-hybridized carbons (Fsp3) is 0.500. The van der Waals surface area contributed by atoms with Gasteiger partial charge in [-0.25, -0.2) is 0 Å². The highest BCUT2D eigenvalue weighted by Gasteiger charge is 2.17. The summed E-state index contributed by atoms with van der Waals surface area (Å²) in [7, 11) is 0. The van der Waals surface area contributed by atoms with Crippen LogP contribution in [-0.2, 0) is 14.4 Å². The second-order valence-electron chi connectivity index (χ2n) is 6.10. The molecule has 136 valence electrons. The van der Waals surface area contributed by atoms with Crippen molar-refractivity contribution >= 4 is 35.2 Å². The van der Waals surface area contributed by atoms with E-state index in [0.29, 0.717) is 13.0 Å². The van der Waals surface area contributed by atoms with Gasteiger partial charge in [-0.1, -0.05) is 12.1 Å². The molecule has 1 fully saturated rings. The molecule has 1 heterocycles. The van der Waals surface area contributed by atoms with Crippen molar-refractivity contribution in [3.63, 3.8) is 0 Å². The van der Waals surface area contributed by atoms with Gasteiger partial charge < -0.3 is 15.5 Å². The second-order valence-corrected chi connectivity index (χ2v) is 7.08. The van der Waals surface area contributed by atoms with Gasteiger partial charge in [0.25, 0.3) is 0 Å². The van der Waals surface area contributed by atoms with E-state index in [1.807, 2.05) is 36.1 Å². The van der Waals surface area contributed by atoms with Crippen LogP contribution in [-0.4, -0.2) is 53.8 Å². The van der Waals surface area contributed by atoms with E-state index in [2.05, 4.69) is 10.6 Å². The Labute approximate surface area is 152 Å². The molecule has 0 radical (unpaired) electrons. The molecule has 1 saturated heterocycles. The van der Waals surface area contributed by atoms with Gasteiger partial charge in [0, 0.05) is 31.7 Å². The summed E-state index contributed by atoms with van der Waals surface area (Å²) >= 11 is 1.26. The fourth-order valence-corrected chi connectivity index (χ4v) is 3.29. The average Bonchev–Trinajstić information content (AvgIpc) is 3.09. The number of carbonyl (C=O) groups is 3. The van der Waals surface area contributed by atoms with E-state index in [-0.39, 0.29) is 29.2 Å². The lowest BCUT2D eigenvalue weighted by Crippen LogP contribution is -2.33. The number of carbonyl (C=O) groups excluding carboxylic acids is 3. The topological polar surface area (TPSA) is 78.5 Å². The minimum atomic E-state index is -0.150. The lowest BCUT2D eigenvalue weighted by molar-refractivity contribution is -0.130. The molecule has 0 aromatic heterocycles. The first kappa shape index (κ1) is 19.3. The number of benzene rings is 1. The zero-order valence-electron chi connectivity index (χ0n) is 14.5. The summed E-state index contributed by atoms with van der Waals surface area (Å²) in [6.07, 6.45) is 2.48. The quantitative estimate of drug-likeness (QED) is 0.738. The Bertz CT molecular complexity index is 615. The first-order valence-corrected chi connectivity index (χ1v) is 9.69. The van der Waals surface area contributed by atoms with Gasteiger partial charge in [0.05, 0.1) is 11.5 Å². The van der Waals surface area contributed by atoms with Crippen molar-refractivity contribution in [1.29, 1.82) is 0 Å². The number of thioether (sulfide) groups is 1. The summed E-state index contributed by atoms with van der Waals surface area (Å²) in [5.41, 5.74) is 1.84. The van der Waals surface area contributed by atoms with E-state index in [1.54, 1.807) is 0 Å². The maximum absolute atomic E-state index is 11.8. The summed E-state index contributed by atoms with van der Waals surface area (Å²) in [5.74, 6) is 0.242. The molecule has 6 nitrogen and oxygen atoms in total. The van der Waals surface area contributed by atoms with Gasteiger partial charge in [-0.3, -0.25) is 14.4 Å². The van der Waals surface area contributed by atoms with Crippen molar-refractivity contribution in [2.24, 2.45) is 0 Å². The summed E-state index contributed by atoms with van der Waals surface area (Å²) in [6.45, 7) is 3.98. The summed E-state index contributed by atoms with van der Waals surface area (Å²) in [4.78, 5) is 37.3. The third-order valence-electron chi connectivity index (χ3n) is 3.89. The zero-order valence-corrected chi connectivity index (χ0v) is 15.4. The van der Waals surface area contributed by atoms with Crippen molar-refractivity contribution < 1.29 is 14.4 Å². The molecule has 0 spiro atoms. The number of amides is 3. The minimum absolute atomic E-state index is 0.1000. The largest absolute Gasteiger partial charge is 0.355 e. The maximum Gasteiger partial charge on any atom is 0.234 e. The third kappa shape index (κ3) is 7.17. The smallest absolute Gasteiger partial charge is 0.234 e. The molecule has 1 aliphatic heterocycles. The van der Waals surface area contributed by atoms with Crippen LogP contribution >= 0.6 is 11.8 Å². The molecular formula is C18H25N3O3S. The second kappa shape index (κ2) is 10.1. The first-order chi connectivity index (χ1) is 12.0. The van der Waals surface area contributed by atoms with Gasteiger partial charge in [-0.15, -0.1) is 11.8 Å². The van der Waals surface area contributed by atoms with E-state index in [9.17, 15) is 14.4 Å². The molecule has 0 unspecified atom stereocenters. The predicted octanol–water partition coefficient (Wildman–Crippen LogP) is 1.80. The van der Waals surface area contributed by atoms with E-state index < -0.39 is 0 Å². The highest BCUT2D eigenvalue weighted by atomic mass is 32.2. The molecule has 1 aliphatic rings. The predicted molar refractivity (Wildman–Crippen MR) is 101 cm³/mol. The number of anilines is 1. The highest BCUT2D eigenvalue weighted by molar-refractivity contribution is 8.00. The number of aryl methyl sites for hydroxylation is 1. The molecule has 7 heteroatoms. The number of nitrogens with one attached hydrogen (secondary N) is 2. The van der Waals surface area contributed by atoms with Gasteiger partial charge in [0.2, 0.25) is 17.7 Å². The van der Waals surface area contributed by atoms with Crippen molar-refractivity contribution in [3.05, 3.63) is 29.8 Å². The molecular weight excluding hydrogens is 338 g/mol. The van der Waals surface area contributed by atoms with Crippen LogP contribution in [0.25, 0.3) is 0 Å². The highest BCUT2D eigenvalue weighted by Crippen LogP contribution is 2.11. The SMILES string of the molecule is Cc1cccc(NC(=O)CSCC(=O)NCCC(=O)N2CCCC2)c1. The van der Waals surface area contributed by atoms with Gasteiger partial charge in [-0.05, 0) is 37.5 Å². The Morgan fingerprint density at radius 3 is 2.56 bits per heavy atom. The molecule has 2 rings (SSSR count). The monoisotopic (exact) mass is 363 g/mol. The van der Waals surface area contributed by atoms with Crippen LogP contribution in [0, 0.1) is 6.92 Å². The first-order valence-electron chi connectivity index (χ1n) is 8.53. The molecule has 25 heavy (non-hydrogen) atoms.